The number of rotatable bonds is 4. The van der Waals surface area contributed by atoms with E-state index in [1.165, 1.54) is 6.92 Å². The van der Waals surface area contributed by atoms with E-state index < -0.39 is 17.5 Å². The molecule has 0 aliphatic carbocycles. The maximum atomic E-state index is 13.3. The lowest BCUT2D eigenvalue weighted by molar-refractivity contribution is 0.0946. The second-order valence-corrected chi connectivity index (χ2v) is 3.41. The molecular formula is C11H13F2NO2. The Balaban J connectivity index is 2.79. The second-order valence-electron chi connectivity index (χ2n) is 3.41. The number of amides is 1. The van der Waals surface area contributed by atoms with Gasteiger partial charge in [-0.05, 0) is 31.0 Å². The Morgan fingerprint density at radius 1 is 1.38 bits per heavy atom. The summed E-state index contributed by atoms with van der Waals surface area (Å²) in [6, 6.07) is 1.86. The van der Waals surface area contributed by atoms with Gasteiger partial charge in [0.05, 0.1) is 5.56 Å². The highest BCUT2D eigenvalue weighted by molar-refractivity contribution is 5.94. The Hall–Kier alpha value is -1.49. The van der Waals surface area contributed by atoms with Gasteiger partial charge in [-0.2, -0.15) is 0 Å². The molecule has 0 unspecified atom stereocenters. The van der Waals surface area contributed by atoms with Crippen LogP contribution in [0.5, 0.6) is 0 Å². The molecule has 0 fully saturated rings. The van der Waals surface area contributed by atoms with Gasteiger partial charge in [-0.15, -0.1) is 0 Å². The van der Waals surface area contributed by atoms with Gasteiger partial charge in [0.2, 0.25) is 0 Å². The topological polar surface area (TPSA) is 49.3 Å². The van der Waals surface area contributed by atoms with Crippen LogP contribution in [0.3, 0.4) is 0 Å². The highest BCUT2D eigenvalue weighted by Crippen LogP contribution is 2.13. The monoisotopic (exact) mass is 229 g/mol. The molecule has 3 nitrogen and oxygen atoms in total. The molecule has 5 heteroatoms. The summed E-state index contributed by atoms with van der Waals surface area (Å²) in [5, 5.41) is 10.9. The highest BCUT2D eigenvalue weighted by atomic mass is 19.1. The summed E-state index contributed by atoms with van der Waals surface area (Å²) in [5.74, 6) is -2.04. The van der Waals surface area contributed by atoms with E-state index in [4.69, 9.17) is 5.11 Å². The lowest BCUT2D eigenvalue weighted by Crippen LogP contribution is -2.26. The summed E-state index contributed by atoms with van der Waals surface area (Å²) >= 11 is 0. The molecule has 0 saturated heterocycles. The Morgan fingerprint density at radius 2 is 2.06 bits per heavy atom. The van der Waals surface area contributed by atoms with Crippen molar-refractivity contribution in [3.8, 4) is 0 Å². The zero-order chi connectivity index (χ0) is 12.1. The Kier molecular flexibility index (Phi) is 4.37. The number of aliphatic hydroxyl groups excluding tert-OH is 1. The minimum atomic E-state index is -0.750. The summed E-state index contributed by atoms with van der Waals surface area (Å²) in [7, 11) is 0. The smallest absolute Gasteiger partial charge is 0.254 e. The maximum Gasteiger partial charge on any atom is 0.254 e. The molecule has 88 valence electrons. The molecule has 0 spiro atoms. The fourth-order valence-electron chi connectivity index (χ4n) is 1.20. The molecule has 0 radical (unpaired) electrons. The third kappa shape index (κ3) is 3.00. The Bertz CT molecular complexity index is 394. The molecule has 1 aromatic carbocycles. The van der Waals surface area contributed by atoms with Gasteiger partial charge in [-0.3, -0.25) is 4.79 Å². The summed E-state index contributed by atoms with van der Waals surface area (Å²) in [5.41, 5.74) is -0.162. The van der Waals surface area contributed by atoms with Crippen LogP contribution in [0.15, 0.2) is 12.1 Å². The number of hydrogen-bond acceptors (Lipinski definition) is 2. The molecule has 0 bridgehead atoms. The fourth-order valence-corrected chi connectivity index (χ4v) is 1.20. The van der Waals surface area contributed by atoms with E-state index in [2.05, 4.69) is 5.32 Å². The molecule has 0 saturated carbocycles. The van der Waals surface area contributed by atoms with Gasteiger partial charge in [0, 0.05) is 13.2 Å². The van der Waals surface area contributed by atoms with E-state index in [-0.39, 0.29) is 24.3 Å². The number of nitrogens with one attached hydrogen (secondary N) is 1. The fraction of sp³-hybridized carbons (Fsp3) is 0.364. The molecule has 1 amide bonds. The van der Waals surface area contributed by atoms with Crippen molar-refractivity contribution >= 4 is 5.91 Å². The third-order valence-electron chi connectivity index (χ3n) is 2.11. The molecule has 1 aromatic rings. The van der Waals surface area contributed by atoms with E-state index >= 15 is 0 Å². The highest BCUT2D eigenvalue weighted by Gasteiger charge is 2.13. The van der Waals surface area contributed by atoms with Crippen LogP contribution in [-0.2, 0) is 0 Å². The van der Waals surface area contributed by atoms with Crippen LogP contribution in [-0.4, -0.2) is 24.2 Å². The normalized spacial score (nSPS) is 10.2. The molecule has 2 N–H and O–H groups in total. The standard InChI is InChI=1S/C11H13F2NO2/c1-7-5-10(13)8(6-9(7)12)11(16)14-3-2-4-15/h5-6,15H,2-4H2,1H3,(H,14,16). The maximum absolute atomic E-state index is 13.3. The van der Waals surface area contributed by atoms with Crippen molar-refractivity contribution < 1.29 is 18.7 Å². The average molecular weight is 229 g/mol. The number of carbonyl (C=O) groups is 1. The van der Waals surface area contributed by atoms with Gasteiger partial charge >= 0.3 is 0 Å². The quantitative estimate of drug-likeness (QED) is 0.766. The third-order valence-corrected chi connectivity index (χ3v) is 2.11. The number of hydrogen-bond donors (Lipinski definition) is 2. The van der Waals surface area contributed by atoms with Crippen molar-refractivity contribution in [2.45, 2.75) is 13.3 Å². The van der Waals surface area contributed by atoms with Crippen molar-refractivity contribution in [1.82, 2.24) is 5.32 Å². The van der Waals surface area contributed by atoms with Crippen LogP contribution < -0.4 is 5.32 Å². The lowest BCUT2D eigenvalue weighted by Gasteiger charge is -2.06. The van der Waals surface area contributed by atoms with Crippen molar-refractivity contribution in [2.75, 3.05) is 13.2 Å². The number of aryl methyl sites for hydroxylation is 1. The van der Waals surface area contributed by atoms with Gasteiger partial charge < -0.3 is 10.4 Å². The summed E-state index contributed by atoms with van der Waals surface area (Å²) < 4.78 is 26.4. The van der Waals surface area contributed by atoms with Crippen LogP contribution in [0, 0.1) is 18.6 Å². The molecule has 16 heavy (non-hydrogen) atoms. The van der Waals surface area contributed by atoms with Gasteiger partial charge in [-0.25, -0.2) is 8.78 Å². The molecule has 0 atom stereocenters. The summed E-state index contributed by atoms with van der Waals surface area (Å²) in [6.45, 7) is 1.58. The first-order chi connectivity index (χ1) is 7.56. The predicted octanol–water partition coefficient (Wildman–Crippen LogP) is 1.39. The Labute approximate surface area is 92.1 Å². The zero-order valence-electron chi connectivity index (χ0n) is 8.89. The van der Waals surface area contributed by atoms with Gasteiger partial charge in [0.25, 0.3) is 5.91 Å². The van der Waals surface area contributed by atoms with E-state index in [1.807, 2.05) is 0 Å². The van der Waals surface area contributed by atoms with E-state index in [1.54, 1.807) is 0 Å². The number of aliphatic hydroxyl groups is 1. The summed E-state index contributed by atoms with van der Waals surface area (Å²) in [4.78, 5) is 11.4. The predicted molar refractivity (Wildman–Crippen MR) is 55.1 cm³/mol. The van der Waals surface area contributed by atoms with Crippen molar-refractivity contribution in [3.05, 3.63) is 34.9 Å². The minimum absolute atomic E-state index is 0.0645. The van der Waals surface area contributed by atoms with E-state index in [0.29, 0.717) is 6.42 Å². The van der Waals surface area contributed by atoms with Crippen LogP contribution >= 0.6 is 0 Å². The largest absolute Gasteiger partial charge is 0.396 e. The van der Waals surface area contributed by atoms with Crippen LogP contribution in [0.25, 0.3) is 0 Å². The first kappa shape index (κ1) is 12.6. The van der Waals surface area contributed by atoms with Gasteiger partial charge in [0.15, 0.2) is 0 Å². The van der Waals surface area contributed by atoms with Crippen molar-refractivity contribution in [1.29, 1.82) is 0 Å². The van der Waals surface area contributed by atoms with Crippen molar-refractivity contribution in [2.24, 2.45) is 0 Å². The molecule has 0 aliphatic heterocycles. The van der Waals surface area contributed by atoms with Gasteiger partial charge in [0.1, 0.15) is 11.6 Å². The molecule has 0 heterocycles. The number of halogens is 2. The van der Waals surface area contributed by atoms with Crippen molar-refractivity contribution in [3.63, 3.8) is 0 Å². The van der Waals surface area contributed by atoms with Crippen LogP contribution in [0.1, 0.15) is 22.3 Å². The second kappa shape index (κ2) is 5.55. The Morgan fingerprint density at radius 3 is 2.69 bits per heavy atom. The van der Waals surface area contributed by atoms with E-state index in [0.717, 1.165) is 12.1 Å². The molecule has 0 aromatic heterocycles. The van der Waals surface area contributed by atoms with Crippen LogP contribution in [0.2, 0.25) is 0 Å². The first-order valence-electron chi connectivity index (χ1n) is 4.91. The lowest BCUT2D eigenvalue weighted by atomic mass is 10.1. The van der Waals surface area contributed by atoms with Crippen LogP contribution in [0.4, 0.5) is 8.78 Å². The average Bonchev–Trinajstić information content (AvgIpc) is 2.23. The first-order valence-corrected chi connectivity index (χ1v) is 4.91. The van der Waals surface area contributed by atoms with Gasteiger partial charge in [-0.1, -0.05) is 0 Å². The summed E-state index contributed by atoms with van der Waals surface area (Å²) in [6.07, 6.45) is 0.377. The number of benzene rings is 1. The zero-order valence-corrected chi connectivity index (χ0v) is 8.89. The van der Waals surface area contributed by atoms with E-state index in [9.17, 15) is 13.6 Å². The molecule has 1 rings (SSSR count). The minimum Gasteiger partial charge on any atom is -0.396 e. The SMILES string of the molecule is Cc1cc(F)c(C(=O)NCCCO)cc1F. The molecule has 0 aliphatic rings. The molecular weight excluding hydrogens is 216 g/mol. The number of carbonyl (C=O) groups excluding carboxylic acids is 1.